The Morgan fingerprint density at radius 1 is 1.27 bits per heavy atom. The molecule has 1 heterocycles. The van der Waals surface area contributed by atoms with Crippen molar-refractivity contribution in [2.45, 2.75) is 18.5 Å². The third kappa shape index (κ3) is 4.41. The van der Waals surface area contributed by atoms with Crippen LogP contribution in [0.3, 0.4) is 0 Å². The molecular weight excluding hydrogens is 382 g/mol. The third-order valence-corrected chi connectivity index (χ3v) is 5.32. The van der Waals surface area contributed by atoms with Crippen molar-refractivity contribution in [1.82, 2.24) is 9.97 Å². The minimum atomic E-state index is -3.69. The van der Waals surface area contributed by atoms with Crippen molar-refractivity contribution in [2.24, 2.45) is 0 Å². The summed E-state index contributed by atoms with van der Waals surface area (Å²) in [5, 5.41) is 2.08. The molecule has 0 unspecified atom stereocenters. The first kappa shape index (κ1) is 19.9. The third-order valence-electron chi connectivity index (χ3n) is 3.34. The van der Waals surface area contributed by atoms with E-state index in [1.165, 1.54) is 14.2 Å². The minimum absolute atomic E-state index is 0.0696. The van der Waals surface area contributed by atoms with Crippen molar-refractivity contribution in [3.63, 3.8) is 0 Å². The number of carbonyl (C=O) groups is 1. The first-order valence-electron chi connectivity index (χ1n) is 7.61. The maximum absolute atomic E-state index is 12.6. The van der Waals surface area contributed by atoms with E-state index in [1.54, 1.807) is 25.1 Å². The van der Waals surface area contributed by atoms with Gasteiger partial charge in [0, 0.05) is 6.07 Å². The summed E-state index contributed by atoms with van der Waals surface area (Å²) in [7, 11) is -0.750. The average molecular weight is 400 g/mol. The van der Waals surface area contributed by atoms with Gasteiger partial charge in [0.05, 0.1) is 36.9 Å². The minimum Gasteiger partial charge on any atom is -0.497 e. The van der Waals surface area contributed by atoms with Crippen LogP contribution in [-0.4, -0.2) is 44.3 Å². The molecule has 1 N–H and O–H groups in total. The van der Waals surface area contributed by atoms with Crippen LogP contribution in [-0.2, 0) is 9.84 Å². The predicted octanol–water partition coefficient (Wildman–Crippen LogP) is 2.58. The molecule has 0 aliphatic rings. The van der Waals surface area contributed by atoms with Crippen LogP contribution in [0.4, 0.5) is 5.69 Å². The highest BCUT2D eigenvalue weighted by Crippen LogP contribution is 2.29. The molecule has 8 nitrogen and oxygen atoms in total. The fourth-order valence-corrected chi connectivity index (χ4v) is 3.45. The zero-order valence-electron chi connectivity index (χ0n) is 14.4. The van der Waals surface area contributed by atoms with Crippen LogP contribution >= 0.6 is 11.6 Å². The molecule has 0 spiro atoms. The highest BCUT2D eigenvalue weighted by atomic mass is 35.5. The molecule has 1 aromatic carbocycles. The number of aromatic nitrogens is 2. The van der Waals surface area contributed by atoms with Gasteiger partial charge in [-0.3, -0.25) is 4.79 Å². The molecule has 0 bridgehead atoms. The van der Waals surface area contributed by atoms with Gasteiger partial charge in [-0.25, -0.2) is 18.4 Å². The number of hydrogen-bond donors (Lipinski definition) is 1. The topological polar surface area (TPSA) is 107 Å². The number of halogens is 1. The van der Waals surface area contributed by atoms with Crippen molar-refractivity contribution < 1.29 is 22.7 Å². The number of ether oxygens (including phenoxy) is 2. The average Bonchev–Trinajstić information content (AvgIpc) is 2.61. The summed E-state index contributed by atoms with van der Waals surface area (Å²) in [4.78, 5) is 20.1. The maximum Gasteiger partial charge on any atom is 0.276 e. The van der Waals surface area contributed by atoms with E-state index >= 15 is 0 Å². The summed E-state index contributed by atoms with van der Waals surface area (Å²) in [6.45, 7) is 1.72. The zero-order valence-corrected chi connectivity index (χ0v) is 16.0. The van der Waals surface area contributed by atoms with Gasteiger partial charge in [-0.15, -0.1) is 0 Å². The number of amides is 1. The van der Waals surface area contributed by atoms with Crippen molar-refractivity contribution in [3.8, 4) is 11.5 Å². The lowest BCUT2D eigenvalue weighted by molar-refractivity contribution is 0.102. The lowest BCUT2D eigenvalue weighted by Gasteiger charge is -2.12. The highest BCUT2D eigenvalue weighted by molar-refractivity contribution is 7.91. The van der Waals surface area contributed by atoms with E-state index in [4.69, 9.17) is 21.1 Å². The second-order valence-electron chi connectivity index (χ2n) is 5.19. The summed E-state index contributed by atoms with van der Waals surface area (Å²) in [5.41, 5.74) is 0.0747. The van der Waals surface area contributed by atoms with E-state index in [-0.39, 0.29) is 16.5 Å². The van der Waals surface area contributed by atoms with Crippen LogP contribution in [0, 0.1) is 0 Å². The number of nitrogens with zero attached hydrogens (tertiary/aromatic N) is 2. The summed E-state index contributed by atoms with van der Waals surface area (Å²) < 4.78 is 34.6. The zero-order chi connectivity index (χ0) is 19.3. The van der Waals surface area contributed by atoms with Gasteiger partial charge in [-0.05, 0) is 18.6 Å². The second-order valence-corrected chi connectivity index (χ2v) is 7.60. The Labute approximate surface area is 156 Å². The standard InChI is InChI=1S/C16H18ClN3O5S/c1-4-7-26(22,23)16-18-9-11(17)14(20-16)15(21)19-12-8-10(24-2)5-6-13(12)25-3/h5-6,8-9H,4,7H2,1-3H3,(H,19,21). The Bertz CT molecular complexity index is 918. The molecule has 0 fully saturated rings. The Balaban J connectivity index is 2.39. The molecule has 1 amide bonds. The Kier molecular flexibility index (Phi) is 6.38. The van der Waals surface area contributed by atoms with Gasteiger partial charge >= 0.3 is 0 Å². The molecule has 0 atom stereocenters. The highest BCUT2D eigenvalue weighted by Gasteiger charge is 2.22. The molecule has 0 radical (unpaired) electrons. The van der Waals surface area contributed by atoms with Crippen LogP contribution in [0.15, 0.2) is 29.6 Å². The molecule has 26 heavy (non-hydrogen) atoms. The van der Waals surface area contributed by atoms with Gasteiger partial charge in [0.25, 0.3) is 5.91 Å². The number of nitrogens with one attached hydrogen (secondary N) is 1. The van der Waals surface area contributed by atoms with Crippen LogP contribution < -0.4 is 14.8 Å². The predicted molar refractivity (Wildman–Crippen MR) is 96.9 cm³/mol. The first-order valence-corrected chi connectivity index (χ1v) is 9.64. The molecule has 0 saturated carbocycles. The van der Waals surface area contributed by atoms with Crippen molar-refractivity contribution in [1.29, 1.82) is 0 Å². The monoisotopic (exact) mass is 399 g/mol. The number of sulfone groups is 1. The number of benzene rings is 1. The largest absolute Gasteiger partial charge is 0.497 e. The summed E-state index contributed by atoms with van der Waals surface area (Å²) in [6, 6.07) is 4.84. The quantitative estimate of drug-likeness (QED) is 0.713. The van der Waals surface area contributed by atoms with Crippen molar-refractivity contribution >= 4 is 33.0 Å². The van der Waals surface area contributed by atoms with E-state index < -0.39 is 20.9 Å². The van der Waals surface area contributed by atoms with Gasteiger partial charge in [-0.2, -0.15) is 0 Å². The Morgan fingerprint density at radius 3 is 2.62 bits per heavy atom. The lowest BCUT2D eigenvalue weighted by Crippen LogP contribution is -2.18. The Morgan fingerprint density at radius 2 is 2.00 bits per heavy atom. The van der Waals surface area contributed by atoms with Gasteiger partial charge in [0.1, 0.15) is 11.5 Å². The van der Waals surface area contributed by atoms with Crippen LogP contribution in [0.5, 0.6) is 11.5 Å². The summed E-state index contributed by atoms with van der Waals surface area (Å²) in [6.07, 6.45) is 1.49. The number of hydrogen-bond acceptors (Lipinski definition) is 7. The van der Waals surface area contributed by atoms with Crippen LogP contribution in [0.1, 0.15) is 23.8 Å². The van der Waals surface area contributed by atoms with E-state index in [9.17, 15) is 13.2 Å². The molecule has 0 aliphatic carbocycles. The number of rotatable bonds is 7. The fraction of sp³-hybridized carbons (Fsp3) is 0.312. The molecule has 2 rings (SSSR count). The SMILES string of the molecule is CCCS(=O)(=O)c1ncc(Cl)c(C(=O)Nc2cc(OC)ccc2OC)n1. The lowest BCUT2D eigenvalue weighted by atomic mass is 10.2. The fourth-order valence-electron chi connectivity index (χ4n) is 2.11. The molecule has 0 aliphatic heterocycles. The van der Waals surface area contributed by atoms with E-state index in [0.717, 1.165) is 6.20 Å². The van der Waals surface area contributed by atoms with Crippen molar-refractivity contribution in [2.75, 3.05) is 25.3 Å². The first-order chi connectivity index (χ1) is 12.3. The second kappa shape index (κ2) is 8.33. The van der Waals surface area contributed by atoms with Gasteiger partial charge in [0.2, 0.25) is 15.0 Å². The Hall–Kier alpha value is -2.39. The molecule has 10 heteroatoms. The van der Waals surface area contributed by atoms with Gasteiger partial charge < -0.3 is 14.8 Å². The van der Waals surface area contributed by atoms with Crippen LogP contribution in [0.2, 0.25) is 5.02 Å². The van der Waals surface area contributed by atoms with Gasteiger partial charge in [-0.1, -0.05) is 18.5 Å². The smallest absolute Gasteiger partial charge is 0.276 e. The maximum atomic E-state index is 12.6. The molecule has 140 valence electrons. The van der Waals surface area contributed by atoms with E-state index in [1.807, 2.05) is 0 Å². The molecule has 1 aromatic heterocycles. The van der Waals surface area contributed by atoms with Crippen molar-refractivity contribution in [3.05, 3.63) is 35.1 Å². The van der Waals surface area contributed by atoms with Crippen LogP contribution in [0.25, 0.3) is 0 Å². The number of methoxy groups -OCH3 is 2. The van der Waals surface area contributed by atoms with E-state index in [0.29, 0.717) is 23.6 Å². The summed E-state index contributed by atoms with van der Waals surface area (Å²) in [5.74, 6) is 0.0699. The van der Waals surface area contributed by atoms with E-state index in [2.05, 4.69) is 15.3 Å². The summed E-state index contributed by atoms with van der Waals surface area (Å²) >= 11 is 5.98. The number of carbonyl (C=O) groups excluding carboxylic acids is 1. The molecular formula is C16H18ClN3O5S. The van der Waals surface area contributed by atoms with Gasteiger partial charge in [0.15, 0.2) is 5.69 Å². The molecule has 0 saturated heterocycles. The normalized spacial score (nSPS) is 11.1. The molecule has 2 aromatic rings. The number of anilines is 1.